The third kappa shape index (κ3) is 4.43. The monoisotopic (exact) mass is 663 g/mol. The highest BCUT2D eigenvalue weighted by atomic mass is 16.3. The van der Waals surface area contributed by atoms with Crippen molar-refractivity contribution in [2.24, 2.45) is 0 Å². The average Bonchev–Trinajstić information content (AvgIpc) is 3.78. The Morgan fingerprint density at radius 3 is 1.65 bits per heavy atom. The highest BCUT2D eigenvalue weighted by molar-refractivity contribution is 6.27. The van der Waals surface area contributed by atoms with Gasteiger partial charge >= 0.3 is 0 Å². The highest BCUT2D eigenvalue weighted by Crippen LogP contribution is 2.46. The fraction of sp³-hybridized carbons (Fsp3) is 0. The number of aromatic nitrogens is 1. The molecule has 0 radical (unpaired) electrons. The van der Waals surface area contributed by atoms with Crippen molar-refractivity contribution in [2.75, 3.05) is 0 Å². The number of nitrogens with zero attached hydrogens (tertiary/aromatic N) is 1. The lowest BCUT2D eigenvalue weighted by molar-refractivity contribution is 0.669. The maximum Gasteiger partial charge on any atom is 0.136 e. The summed E-state index contributed by atoms with van der Waals surface area (Å²) in [5.74, 6) is 0. The van der Waals surface area contributed by atoms with Gasteiger partial charge in [0.05, 0.1) is 11.2 Å². The standard InChI is InChI=1S/C49H29NO2/c1-2-12-30(13-3-1)46-47-37-19-4-7-21-41(37)50-49(40(47)29-45-48(46)38-20-6-9-23-43(38)52-45)35-17-11-16-33(27-35)31-14-10-15-32(26-31)34-24-25-44-39(28-34)36-18-5-8-22-42(36)51-44/h1-29H. The summed E-state index contributed by atoms with van der Waals surface area (Å²) < 4.78 is 12.7. The number of fused-ring (bicyclic) bond motifs is 9. The molecule has 0 bridgehead atoms. The van der Waals surface area contributed by atoms with Gasteiger partial charge in [0.2, 0.25) is 0 Å². The number of para-hydroxylation sites is 3. The van der Waals surface area contributed by atoms with Crippen LogP contribution >= 0.6 is 0 Å². The lowest BCUT2D eigenvalue weighted by atomic mass is 9.89. The topological polar surface area (TPSA) is 39.2 Å². The van der Waals surface area contributed by atoms with Crippen LogP contribution in [0.4, 0.5) is 0 Å². The molecule has 11 rings (SSSR count). The van der Waals surface area contributed by atoms with Crippen molar-refractivity contribution < 1.29 is 8.83 Å². The lowest BCUT2D eigenvalue weighted by Crippen LogP contribution is -1.93. The summed E-state index contributed by atoms with van der Waals surface area (Å²) in [7, 11) is 0. The first kappa shape index (κ1) is 28.8. The molecule has 0 spiro atoms. The second-order valence-electron chi connectivity index (χ2n) is 13.5. The number of benzene rings is 8. The zero-order valence-electron chi connectivity index (χ0n) is 28.0. The van der Waals surface area contributed by atoms with Crippen molar-refractivity contribution in [3.63, 3.8) is 0 Å². The minimum Gasteiger partial charge on any atom is -0.456 e. The first-order valence-electron chi connectivity index (χ1n) is 17.6. The lowest BCUT2D eigenvalue weighted by Gasteiger charge is -2.16. The molecule has 0 aliphatic heterocycles. The zero-order valence-corrected chi connectivity index (χ0v) is 28.0. The van der Waals surface area contributed by atoms with E-state index in [-0.39, 0.29) is 0 Å². The molecule has 3 aromatic heterocycles. The van der Waals surface area contributed by atoms with Crippen LogP contribution in [0.5, 0.6) is 0 Å². The Hall–Kier alpha value is -6.97. The van der Waals surface area contributed by atoms with Gasteiger partial charge in [-0.3, -0.25) is 0 Å². The van der Waals surface area contributed by atoms with E-state index < -0.39 is 0 Å². The Labute approximate surface area is 299 Å². The van der Waals surface area contributed by atoms with Crippen molar-refractivity contribution in [2.45, 2.75) is 0 Å². The highest BCUT2D eigenvalue weighted by Gasteiger charge is 2.21. The van der Waals surface area contributed by atoms with Gasteiger partial charge in [-0.1, -0.05) is 127 Å². The molecule has 0 amide bonds. The van der Waals surface area contributed by atoms with Gasteiger partial charge in [-0.25, -0.2) is 4.98 Å². The van der Waals surface area contributed by atoms with Crippen molar-refractivity contribution in [1.29, 1.82) is 0 Å². The molecule has 0 fully saturated rings. The molecule has 3 heteroatoms. The quantitative estimate of drug-likeness (QED) is 0.176. The summed E-state index contributed by atoms with van der Waals surface area (Å²) in [4.78, 5) is 5.37. The molecular weight excluding hydrogens is 635 g/mol. The first-order chi connectivity index (χ1) is 25.8. The first-order valence-corrected chi connectivity index (χ1v) is 17.6. The Morgan fingerprint density at radius 1 is 0.308 bits per heavy atom. The third-order valence-corrected chi connectivity index (χ3v) is 10.4. The SMILES string of the molecule is c1ccc(-c2c3c(cc4c(-c5cccc(-c6cccc(-c7ccc8oc9ccccc9c8c7)c6)c5)nc5ccccc5c24)oc2ccccc23)cc1. The van der Waals surface area contributed by atoms with Crippen LogP contribution in [0.15, 0.2) is 185 Å². The molecule has 0 aliphatic carbocycles. The van der Waals surface area contributed by atoms with Gasteiger partial charge in [-0.2, -0.15) is 0 Å². The predicted molar refractivity (Wildman–Crippen MR) is 216 cm³/mol. The van der Waals surface area contributed by atoms with Crippen LogP contribution in [-0.2, 0) is 0 Å². The minimum atomic E-state index is 0.858. The van der Waals surface area contributed by atoms with Crippen LogP contribution in [0, 0.1) is 0 Å². The number of hydrogen-bond acceptors (Lipinski definition) is 3. The fourth-order valence-corrected chi connectivity index (χ4v) is 8.06. The number of furan rings is 2. The molecule has 0 aliphatic rings. The fourth-order valence-electron chi connectivity index (χ4n) is 8.06. The molecule has 0 N–H and O–H groups in total. The van der Waals surface area contributed by atoms with Crippen molar-refractivity contribution in [3.05, 3.63) is 176 Å². The maximum absolute atomic E-state index is 6.59. The second-order valence-corrected chi connectivity index (χ2v) is 13.5. The van der Waals surface area contributed by atoms with Crippen LogP contribution in [0.3, 0.4) is 0 Å². The van der Waals surface area contributed by atoms with E-state index in [9.17, 15) is 0 Å². The smallest absolute Gasteiger partial charge is 0.136 e. The van der Waals surface area contributed by atoms with Crippen molar-refractivity contribution >= 4 is 65.6 Å². The van der Waals surface area contributed by atoms with Gasteiger partial charge in [0.15, 0.2) is 0 Å². The number of hydrogen-bond donors (Lipinski definition) is 0. The Balaban J connectivity index is 1.12. The van der Waals surface area contributed by atoms with E-state index in [1.54, 1.807) is 0 Å². The molecular formula is C49H29NO2. The van der Waals surface area contributed by atoms with Crippen LogP contribution in [0.2, 0.25) is 0 Å². The van der Waals surface area contributed by atoms with E-state index in [1.807, 2.05) is 18.2 Å². The van der Waals surface area contributed by atoms with Gasteiger partial charge in [0.1, 0.15) is 22.3 Å². The molecule has 8 aromatic carbocycles. The summed E-state index contributed by atoms with van der Waals surface area (Å²) in [5.41, 5.74) is 13.4. The number of rotatable bonds is 4. The number of pyridine rings is 1. The molecule has 242 valence electrons. The molecule has 0 saturated heterocycles. The summed E-state index contributed by atoms with van der Waals surface area (Å²) in [5, 5.41) is 7.87. The minimum absolute atomic E-state index is 0.858. The van der Waals surface area contributed by atoms with Gasteiger partial charge in [-0.05, 0) is 76.3 Å². The van der Waals surface area contributed by atoms with Crippen LogP contribution in [-0.4, -0.2) is 4.98 Å². The molecule has 0 atom stereocenters. The molecule has 52 heavy (non-hydrogen) atoms. The van der Waals surface area contributed by atoms with Crippen molar-refractivity contribution in [1.82, 2.24) is 4.98 Å². The molecule has 3 heterocycles. The summed E-state index contributed by atoms with van der Waals surface area (Å²) in [6.07, 6.45) is 0. The van der Waals surface area contributed by atoms with E-state index in [0.29, 0.717) is 0 Å². The Kier molecular flexibility index (Phi) is 6.25. The van der Waals surface area contributed by atoms with E-state index >= 15 is 0 Å². The van der Waals surface area contributed by atoms with Crippen LogP contribution in [0.25, 0.3) is 110 Å². The second kappa shape index (κ2) is 11.3. The third-order valence-electron chi connectivity index (χ3n) is 10.4. The zero-order chi connectivity index (χ0) is 34.2. The average molecular weight is 664 g/mol. The van der Waals surface area contributed by atoms with Crippen LogP contribution < -0.4 is 0 Å². The Morgan fingerprint density at radius 2 is 0.865 bits per heavy atom. The molecule has 3 nitrogen and oxygen atoms in total. The van der Waals surface area contributed by atoms with Gasteiger partial charge in [0, 0.05) is 48.8 Å². The van der Waals surface area contributed by atoms with Crippen LogP contribution in [0.1, 0.15) is 0 Å². The van der Waals surface area contributed by atoms with E-state index in [4.69, 9.17) is 13.8 Å². The van der Waals surface area contributed by atoms with E-state index in [1.165, 1.54) is 10.9 Å². The van der Waals surface area contributed by atoms with Crippen molar-refractivity contribution in [3.8, 4) is 44.6 Å². The summed E-state index contributed by atoms with van der Waals surface area (Å²) in [6.45, 7) is 0. The predicted octanol–water partition coefficient (Wildman–Crippen LogP) is 13.9. The van der Waals surface area contributed by atoms with Gasteiger partial charge in [0.25, 0.3) is 0 Å². The van der Waals surface area contributed by atoms with Gasteiger partial charge < -0.3 is 8.83 Å². The normalized spacial score (nSPS) is 11.8. The summed E-state index contributed by atoms with van der Waals surface area (Å²) in [6, 6.07) is 62.0. The van der Waals surface area contributed by atoms with Gasteiger partial charge in [-0.15, -0.1) is 0 Å². The largest absolute Gasteiger partial charge is 0.456 e. The summed E-state index contributed by atoms with van der Waals surface area (Å²) >= 11 is 0. The van der Waals surface area contributed by atoms with E-state index in [0.717, 1.165) is 99.2 Å². The van der Waals surface area contributed by atoms with E-state index in [2.05, 4.69) is 158 Å². The molecule has 11 aromatic rings. The Bertz CT molecular complexity index is 3190. The molecule has 0 saturated carbocycles. The molecule has 0 unspecified atom stereocenters. The maximum atomic E-state index is 6.59.